The van der Waals surface area contributed by atoms with Gasteiger partial charge in [-0.15, -0.1) is 0 Å². The highest BCUT2D eigenvalue weighted by Gasteiger charge is 2.24. The third kappa shape index (κ3) is 5.27. The molecule has 5 nitrogen and oxygen atoms in total. The van der Waals surface area contributed by atoms with Crippen LogP contribution in [0.15, 0.2) is 42.5 Å². The molecule has 3 rings (SSSR count). The summed E-state index contributed by atoms with van der Waals surface area (Å²) in [6.07, 6.45) is 0. The van der Waals surface area contributed by atoms with Crippen molar-refractivity contribution in [1.82, 2.24) is 4.90 Å². The Morgan fingerprint density at radius 2 is 1.79 bits per heavy atom. The van der Waals surface area contributed by atoms with Gasteiger partial charge in [-0.25, -0.2) is 4.39 Å². The highest BCUT2D eigenvalue weighted by Crippen LogP contribution is 2.17. The van der Waals surface area contributed by atoms with E-state index >= 15 is 0 Å². The van der Waals surface area contributed by atoms with E-state index in [1.54, 1.807) is 12.1 Å². The molecule has 0 spiro atoms. The van der Waals surface area contributed by atoms with E-state index in [1.165, 1.54) is 22.6 Å². The van der Waals surface area contributed by atoms with Crippen LogP contribution in [0.25, 0.3) is 0 Å². The summed E-state index contributed by atoms with van der Waals surface area (Å²) < 4.78 is 13.0. The first-order chi connectivity index (χ1) is 13.4. The van der Waals surface area contributed by atoms with Gasteiger partial charge in [-0.3, -0.25) is 4.79 Å². The van der Waals surface area contributed by atoms with Crippen LogP contribution in [-0.2, 0) is 4.79 Å². The fourth-order valence-corrected chi connectivity index (χ4v) is 3.55. The van der Waals surface area contributed by atoms with E-state index < -0.39 is 0 Å². The van der Waals surface area contributed by atoms with Crippen LogP contribution in [0.1, 0.15) is 11.1 Å². The van der Waals surface area contributed by atoms with Crippen molar-refractivity contribution < 1.29 is 14.1 Å². The van der Waals surface area contributed by atoms with Crippen molar-refractivity contribution in [3.05, 3.63) is 59.4 Å². The molecular weight excluding hydrogens is 375 g/mol. The van der Waals surface area contributed by atoms with Crippen molar-refractivity contribution in [2.45, 2.75) is 13.8 Å². The summed E-state index contributed by atoms with van der Waals surface area (Å²) in [5.74, 6) is -0.239. The molecule has 1 fully saturated rings. The van der Waals surface area contributed by atoms with Gasteiger partial charge in [0.2, 0.25) is 0 Å². The molecule has 0 atom stereocenters. The normalized spacial score (nSPS) is 14.6. The molecule has 1 amide bonds. The first kappa shape index (κ1) is 20.2. The van der Waals surface area contributed by atoms with E-state index in [1.807, 2.05) is 32.0 Å². The number of amides is 1. The highest BCUT2D eigenvalue weighted by molar-refractivity contribution is 7.80. The van der Waals surface area contributed by atoms with E-state index in [2.05, 4.69) is 15.5 Å². The van der Waals surface area contributed by atoms with Gasteiger partial charge in [0.05, 0.1) is 26.2 Å². The van der Waals surface area contributed by atoms with Gasteiger partial charge in [-0.2, -0.15) is 0 Å². The molecule has 0 saturated carbocycles. The second-order valence-corrected chi connectivity index (χ2v) is 7.53. The number of carbonyl (C=O) groups excluding carboxylic acids is 1. The topological polar surface area (TPSA) is 48.8 Å². The first-order valence-corrected chi connectivity index (χ1v) is 9.84. The number of anilines is 2. The summed E-state index contributed by atoms with van der Waals surface area (Å²) in [5, 5.41) is 6.80. The van der Waals surface area contributed by atoms with Crippen molar-refractivity contribution in [3.8, 4) is 0 Å². The molecule has 0 bridgehead atoms. The smallest absolute Gasteiger partial charge is 0.279 e. The molecule has 28 heavy (non-hydrogen) atoms. The molecule has 0 unspecified atom stereocenters. The molecule has 1 heterocycles. The van der Waals surface area contributed by atoms with Crippen molar-refractivity contribution in [2.24, 2.45) is 0 Å². The molecule has 3 N–H and O–H groups in total. The number of rotatable bonds is 4. The van der Waals surface area contributed by atoms with Crippen LogP contribution in [0.3, 0.4) is 0 Å². The van der Waals surface area contributed by atoms with Gasteiger partial charge < -0.3 is 20.4 Å². The molecule has 7 heteroatoms. The van der Waals surface area contributed by atoms with Gasteiger partial charge in [-0.1, -0.05) is 12.1 Å². The number of nitrogens with zero attached hydrogens (tertiary/aromatic N) is 1. The molecule has 0 aliphatic carbocycles. The molecule has 1 aliphatic rings. The molecule has 1 saturated heterocycles. The van der Waals surface area contributed by atoms with Crippen molar-refractivity contribution in [2.75, 3.05) is 43.4 Å². The number of hydrogen-bond donors (Lipinski definition) is 3. The fourth-order valence-electron chi connectivity index (χ4n) is 3.25. The van der Waals surface area contributed by atoms with Crippen LogP contribution >= 0.6 is 12.2 Å². The SMILES string of the molecule is Cc1cccc(NC(=O)C[NH+]2CCN(C(=S)Nc3ccc(F)cc3)CC2)c1C. The Kier molecular flexibility index (Phi) is 6.59. The van der Waals surface area contributed by atoms with Gasteiger partial charge in [-0.05, 0) is 67.5 Å². The second kappa shape index (κ2) is 9.12. The van der Waals surface area contributed by atoms with Crippen LogP contribution < -0.4 is 15.5 Å². The maximum Gasteiger partial charge on any atom is 0.279 e. The Labute approximate surface area is 170 Å². The number of thiocarbonyl (C=S) groups is 1. The largest absolute Gasteiger partial charge is 0.338 e. The number of nitrogens with one attached hydrogen (secondary N) is 3. The minimum atomic E-state index is -0.271. The predicted molar refractivity (Wildman–Crippen MR) is 114 cm³/mol. The highest BCUT2D eigenvalue weighted by atomic mass is 32.1. The number of quaternary nitrogens is 1. The number of benzene rings is 2. The summed E-state index contributed by atoms with van der Waals surface area (Å²) >= 11 is 5.46. The number of carbonyl (C=O) groups is 1. The first-order valence-electron chi connectivity index (χ1n) is 9.43. The van der Waals surface area contributed by atoms with E-state index in [0.29, 0.717) is 11.7 Å². The van der Waals surface area contributed by atoms with Gasteiger partial charge >= 0.3 is 0 Å². The van der Waals surface area contributed by atoms with Crippen molar-refractivity contribution in [1.29, 1.82) is 0 Å². The Morgan fingerprint density at radius 3 is 2.46 bits per heavy atom. The standard InChI is InChI=1S/C21H25FN4OS/c1-15-4-3-5-19(16(15)2)24-20(27)14-25-10-12-26(13-11-25)21(28)23-18-8-6-17(22)7-9-18/h3-9H,10-14H2,1-2H3,(H,23,28)(H,24,27)/p+1. The van der Waals surface area contributed by atoms with Crippen molar-refractivity contribution >= 4 is 34.6 Å². The third-order valence-corrected chi connectivity index (χ3v) is 5.50. The average molecular weight is 402 g/mol. The van der Waals surface area contributed by atoms with E-state index in [-0.39, 0.29) is 11.7 Å². The summed E-state index contributed by atoms with van der Waals surface area (Å²) in [4.78, 5) is 15.7. The van der Waals surface area contributed by atoms with Crippen LogP contribution in [0.4, 0.5) is 15.8 Å². The summed E-state index contributed by atoms with van der Waals surface area (Å²) in [7, 11) is 0. The van der Waals surface area contributed by atoms with E-state index in [9.17, 15) is 9.18 Å². The molecular formula is C21H26FN4OS+. The zero-order valence-corrected chi connectivity index (χ0v) is 17.0. The lowest BCUT2D eigenvalue weighted by Gasteiger charge is -2.33. The maximum atomic E-state index is 13.0. The van der Waals surface area contributed by atoms with Crippen LogP contribution in [0.2, 0.25) is 0 Å². The molecule has 1 aliphatic heterocycles. The lowest BCUT2D eigenvalue weighted by atomic mass is 10.1. The third-order valence-electron chi connectivity index (χ3n) is 5.14. The van der Waals surface area contributed by atoms with Gasteiger partial charge in [0.1, 0.15) is 5.82 Å². The monoisotopic (exact) mass is 401 g/mol. The molecule has 0 radical (unpaired) electrons. The number of piperazine rings is 1. The lowest BCUT2D eigenvalue weighted by molar-refractivity contribution is -0.895. The van der Waals surface area contributed by atoms with E-state index in [0.717, 1.165) is 43.1 Å². The van der Waals surface area contributed by atoms with E-state index in [4.69, 9.17) is 12.2 Å². The Morgan fingerprint density at radius 1 is 1.11 bits per heavy atom. The minimum absolute atomic E-state index is 0.0316. The number of aryl methyl sites for hydroxylation is 1. The lowest BCUT2D eigenvalue weighted by Crippen LogP contribution is -3.15. The fraction of sp³-hybridized carbons (Fsp3) is 0.333. The Balaban J connectivity index is 1.45. The van der Waals surface area contributed by atoms with Crippen LogP contribution in [0, 0.1) is 19.7 Å². The summed E-state index contributed by atoms with van der Waals surface area (Å²) in [6.45, 7) is 7.73. The number of halogens is 1. The minimum Gasteiger partial charge on any atom is -0.338 e. The molecule has 148 valence electrons. The Bertz CT molecular complexity index is 848. The summed E-state index contributed by atoms with van der Waals surface area (Å²) in [5.41, 5.74) is 3.93. The quantitative estimate of drug-likeness (QED) is 0.686. The van der Waals surface area contributed by atoms with Gasteiger partial charge in [0.15, 0.2) is 11.7 Å². The van der Waals surface area contributed by atoms with Crippen LogP contribution in [-0.4, -0.2) is 48.6 Å². The summed E-state index contributed by atoms with van der Waals surface area (Å²) in [6, 6.07) is 12.1. The Hall–Kier alpha value is -2.51. The molecule has 2 aromatic rings. The van der Waals surface area contributed by atoms with Gasteiger partial charge in [0.25, 0.3) is 5.91 Å². The predicted octanol–water partition coefficient (Wildman–Crippen LogP) is 1.98. The molecule has 0 aromatic heterocycles. The van der Waals surface area contributed by atoms with Crippen LogP contribution in [0.5, 0.6) is 0 Å². The van der Waals surface area contributed by atoms with Gasteiger partial charge in [0, 0.05) is 11.4 Å². The second-order valence-electron chi connectivity index (χ2n) is 7.15. The number of hydrogen-bond acceptors (Lipinski definition) is 2. The van der Waals surface area contributed by atoms with Crippen molar-refractivity contribution in [3.63, 3.8) is 0 Å². The molecule has 2 aromatic carbocycles. The zero-order chi connectivity index (χ0) is 20.1. The maximum absolute atomic E-state index is 13.0. The zero-order valence-electron chi connectivity index (χ0n) is 16.2. The average Bonchev–Trinajstić information content (AvgIpc) is 2.68.